The van der Waals surface area contributed by atoms with Crippen molar-refractivity contribution in [2.75, 3.05) is 52.9 Å². The monoisotopic (exact) mass is 318 g/mol. The van der Waals surface area contributed by atoms with Gasteiger partial charge in [-0.05, 0) is 40.0 Å². The summed E-state index contributed by atoms with van der Waals surface area (Å²) in [7, 11) is 0. The van der Waals surface area contributed by atoms with Gasteiger partial charge in [0.05, 0.1) is 57.5 Å². The fourth-order valence-electron chi connectivity index (χ4n) is 2.17. The molecule has 1 atom stereocenters. The molecule has 0 bridgehead atoms. The summed E-state index contributed by atoms with van der Waals surface area (Å²) in [6.45, 7) is 13.5. The highest BCUT2D eigenvalue weighted by atomic mass is 16.6. The minimum Gasteiger partial charge on any atom is -0.379 e. The van der Waals surface area contributed by atoms with Crippen molar-refractivity contribution in [1.82, 2.24) is 0 Å². The van der Waals surface area contributed by atoms with Gasteiger partial charge in [-0.15, -0.1) is 0 Å². The molecule has 0 spiro atoms. The van der Waals surface area contributed by atoms with E-state index in [2.05, 4.69) is 27.7 Å². The first kappa shape index (κ1) is 19.8. The summed E-state index contributed by atoms with van der Waals surface area (Å²) in [4.78, 5) is 0. The molecule has 22 heavy (non-hydrogen) atoms. The van der Waals surface area contributed by atoms with E-state index in [-0.39, 0.29) is 11.2 Å². The van der Waals surface area contributed by atoms with E-state index < -0.39 is 0 Å². The van der Waals surface area contributed by atoms with Crippen molar-refractivity contribution in [3.05, 3.63) is 0 Å². The van der Waals surface area contributed by atoms with Crippen molar-refractivity contribution in [2.24, 2.45) is 0 Å². The number of hydrogen-bond donors (Lipinski definition) is 0. The molecule has 0 aromatic rings. The molecule has 0 saturated carbocycles. The third-order valence-corrected chi connectivity index (χ3v) is 4.14. The van der Waals surface area contributed by atoms with E-state index in [1.165, 1.54) is 0 Å². The van der Waals surface area contributed by atoms with Crippen LogP contribution >= 0.6 is 0 Å². The van der Waals surface area contributed by atoms with Crippen LogP contribution in [0.2, 0.25) is 0 Å². The second-order valence-electron chi connectivity index (χ2n) is 6.60. The van der Waals surface area contributed by atoms with E-state index >= 15 is 0 Å². The molecule has 1 fully saturated rings. The quantitative estimate of drug-likeness (QED) is 0.744. The molecule has 0 aromatic carbocycles. The summed E-state index contributed by atoms with van der Waals surface area (Å²) in [5.41, 5.74) is -0.326. The Kier molecular flexibility index (Phi) is 9.52. The van der Waals surface area contributed by atoms with Crippen molar-refractivity contribution >= 4 is 0 Å². The van der Waals surface area contributed by atoms with Gasteiger partial charge in [0.25, 0.3) is 0 Å². The summed E-state index contributed by atoms with van der Waals surface area (Å²) in [5.74, 6) is 0. The molecule has 1 saturated heterocycles. The van der Waals surface area contributed by atoms with Crippen molar-refractivity contribution < 1.29 is 23.7 Å². The molecule has 0 N–H and O–H groups in total. The van der Waals surface area contributed by atoms with Crippen LogP contribution in [-0.4, -0.2) is 64.1 Å². The van der Waals surface area contributed by atoms with Crippen LogP contribution in [-0.2, 0) is 23.7 Å². The van der Waals surface area contributed by atoms with Gasteiger partial charge in [0.2, 0.25) is 0 Å². The highest BCUT2D eigenvalue weighted by Crippen LogP contribution is 2.22. The minimum atomic E-state index is -0.195. The molecule has 1 unspecified atom stereocenters. The fourth-order valence-corrected chi connectivity index (χ4v) is 2.17. The predicted molar refractivity (Wildman–Crippen MR) is 86.4 cm³/mol. The van der Waals surface area contributed by atoms with Crippen molar-refractivity contribution in [3.63, 3.8) is 0 Å². The first-order valence-electron chi connectivity index (χ1n) is 8.49. The van der Waals surface area contributed by atoms with E-state index in [9.17, 15) is 0 Å². The zero-order valence-electron chi connectivity index (χ0n) is 14.8. The third-order valence-electron chi connectivity index (χ3n) is 4.14. The number of rotatable bonds is 1. The molecule has 1 rings (SSSR count). The van der Waals surface area contributed by atoms with E-state index in [4.69, 9.17) is 23.7 Å². The van der Waals surface area contributed by atoms with Gasteiger partial charge in [-0.1, -0.05) is 6.92 Å². The second-order valence-corrected chi connectivity index (χ2v) is 6.60. The summed E-state index contributed by atoms with van der Waals surface area (Å²) >= 11 is 0. The lowest BCUT2D eigenvalue weighted by Crippen LogP contribution is -2.34. The van der Waals surface area contributed by atoms with Crippen LogP contribution in [0.1, 0.15) is 47.0 Å². The number of hydrogen-bond acceptors (Lipinski definition) is 5. The van der Waals surface area contributed by atoms with Crippen LogP contribution in [0, 0.1) is 0 Å². The molecule has 1 aliphatic heterocycles. The lowest BCUT2D eigenvalue weighted by molar-refractivity contribution is -0.0950. The molecule has 0 aliphatic carbocycles. The largest absolute Gasteiger partial charge is 0.379 e. The maximum absolute atomic E-state index is 6.12. The molecular weight excluding hydrogens is 284 g/mol. The Morgan fingerprint density at radius 3 is 1.77 bits per heavy atom. The maximum Gasteiger partial charge on any atom is 0.0707 e. The van der Waals surface area contributed by atoms with Gasteiger partial charge in [-0.2, -0.15) is 0 Å². The van der Waals surface area contributed by atoms with Gasteiger partial charge < -0.3 is 23.7 Å². The van der Waals surface area contributed by atoms with Crippen LogP contribution in [0.25, 0.3) is 0 Å². The van der Waals surface area contributed by atoms with Crippen molar-refractivity contribution in [2.45, 2.75) is 58.2 Å². The Hall–Kier alpha value is -0.200. The Morgan fingerprint density at radius 1 is 0.636 bits per heavy atom. The molecule has 5 nitrogen and oxygen atoms in total. The zero-order chi connectivity index (χ0) is 16.3. The summed E-state index contributed by atoms with van der Waals surface area (Å²) < 4.78 is 28.6. The SMILES string of the molecule is CCC1(C)CCOCCOCCOCCOC(C)(C)CCO1. The Bertz CT molecular complexity index is 282. The van der Waals surface area contributed by atoms with E-state index in [0.717, 1.165) is 19.3 Å². The lowest BCUT2D eigenvalue weighted by Gasteiger charge is -2.31. The molecule has 0 aromatic heterocycles. The third kappa shape index (κ3) is 9.06. The lowest BCUT2D eigenvalue weighted by atomic mass is 9.99. The first-order chi connectivity index (χ1) is 10.5. The van der Waals surface area contributed by atoms with Crippen LogP contribution in [0.15, 0.2) is 0 Å². The molecule has 5 heteroatoms. The van der Waals surface area contributed by atoms with Crippen LogP contribution in [0.3, 0.4) is 0 Å². The smallest absolute Gasteiger partial charge is 0.0707 e. The van der Waals surface area contributed by atoms with E-state index in [0.29, 0.717) is 52.9 Å². The number of ether oxygens (including phenoxy) is 5. The van der Waals surface area contributed by atoms with Crippen LogP contribution in [0.5, 0.6) is 0 Å². The van der Waals surface area contributed by atoms with Gasteiger partial charge in [-0.3, -0.25) is 0 Å². The Balaban J connectivity index is 2.45. The maximum atomic E-state index is 6.12. The molecule has 1 heterocycles. The van der Waals surface area contributed by atoms with Crippen molar-refractivity contribution in [3.8, 4) is 0 Å². The highest BCUT2D eigenvalue weighted by molar-refractivity contribution is 4.75. The highest BCUT2D eigenvalue weighted by Gasteiger charge is 2.25. The summed E-state index contributed by atoms with van der Waals surface area (Å²) in [6, 6.07) is 0. The average molecular weight is 318 g/mol. The van der Waals surface area contributed by atoms with Gasteiger partial charge in [0, 0.05) is 6.61 Å². The standard InChI is InChI=1S/C17H34O5/c1-5-17(4)7-8-18-10-11-19-12-13-20-14-15-21-16(2,3)6-9-22-17/h5-15H2,1-4H3. The summed E-state index contributed by atoms with van der Waals surface area (Å²) in [5, 5.41) is 0. The van der Waals surface area contributed by atoms with Crippen molar-refractivity contribution in [1.29, 1.82) is 0 Å². The Morgan fingerprint density at radius 2 is 1.18 bits per heavy atom. The molecule has 1 aliphatic rings. The summed E-state index contributed by atoms with van der Waals surface area (Å²) in [6.07, 6.45) is 2.74. The molecule has 0 radical (unpaired) electrons. The van der Waals surface area contributed by atoms with E-state index in [1.54, 1.807) is 0 Å². The van der Waals surface area contributed by atoms with Gasteiger partial charge in [-0.25, -0.2) is 0 Å². The average Bonchev–Trinajstić information content (AvgIpc) is 2.47. The van der Waals surface area contributed by atoms with Crippen LogP contribution < -0.4 is 0 Å². The fraction of sp³-hybridized carbons (Fsp3) is 1.00. The van der Waals surface area contributed by atoms with Gasteiger partial charge in [0.1, 0.15) is 0 Å². The zero-order valence-corrected chi connectivity index (χ0v) is 14.8. The predicted octanol–water partition coefficient (Wildman–Crippen LogP) is 2.81. The molecule has 132 valence electrons. The topological polar surface area (TPSA) is 46.2 Å². The molecule has 0 amide bonds. The Labute approximate surface area is 135 Å². The minimum absolute atomic E-state index is 0.131. The normalized spacial score (nSPS) is 30.5. The van der Waals surface area contributed by atoms with Gasteiger partial charge in [0.15, 0.2) is 0 Å². The molecular formula is C17H34O5. The van der Waals surface area contributed by atoms with Crippen LogP contribution in [0.4, 0.5) is 0 Å². The second kappa shape index (κ2) is 10.6. The first-order valence-corrected chi connectivity index (χ1v) is 8.49. The van der Waals surface area contributed by atoms with E-state index in [1.807, 2.05) is 0 Å². The van der Waals surface area contributed by atoms with Gasteiger partial charge >= 0.3 is 0 Å².